The van der Waals surface area contributed by atoms with Gasteiger partial charge in [-0.3, -0.25) is 15.0 Å². The first-order chi connectivity index (χ1) is 13.1. The van der Waals surface area contributed by atoms with E-state index in [0.717, 1.165) is 5.69 Å². The van der Waals surface area contributed by atoms with Gasteiger partial charge in [-0.25, -0.2) is 4.39 Å². The summed E-state index contributed by atoms with van der Waals surface area (Å²) in [6.45, 7) is 6.59. The van der Waals surface area contributed by atoms with Crippen molar-refractivity contribution >= 4 is 23.2 Å². The maximum absolute atomic E-state index is 13.4. The molecule has 3 rings (SSSR count). The molecule has 2 aromatic carbocycles. The molecule has 1 fully saturated rings. The average molecular weight is 382 g/mol. The summed E-state index contributed by atoms with van der Waals surface area (Å²) in [4.78, 5) is 25.5. The van der Waals surface area contributed by atoms with Gasteiger partial charge in [0.2, 0.25) is 0 Å². The molecule has 1 atom stereocenters. The van der Waals surface area contributed by atoms with Crippen LogP contribution in [0.4, 0.5) is 10.1 Å². The molecule has 0 spiro atoms. The van der Waals surface area contributed by atoms with Gasteiger partial charge in [0.15, 0.2) is 11.9 Å². The molecule has 6 heteroatoms. The average Bonchev–Trinajstić information content (AvgIpc) is 2.67. The van der Waals surface area contributed by atoms with Gasteiger partial charge in [-0.05, 0) is 52.0 Å². The van der Waals surface area contributed by atoms with Crippen molar-refractivity contribution in [2.75, 3.05) is 5.43 Å². The molecule has 1 saturated heterocycles. The fourth-order valence-electron chi connectivity index (χ4n) is 3.35. The van der Waals surface area contributed by atoms with Crippen molar-refractivity contribution < 1.29 is 18.7 Å². The van der Waals surface area contributed by atoms with Crippen molar-refractivity contribution in [3.8, 4) is 0 Å². The molecule has 0 saturated carbocycles. The zero-order valence-corrected chi connectivity index (χ0v) is 16.3. The molecule has 1 aliphatic heterocycles. The van der Waals surface area contributed by atoms with E-state index >= 15 is 0 Å². The second-order valence-corrected chi connectivity index (χ2v) is 7.94. The third-order valence-electron chi connectivity index (χ3n) is 5.01. The number of carbonyl (C=O) groups excluding carboxylic acids is 2. The minimum Gasteiger partial charge on any atom is -0.454 e. The third kappa shape index (κ3) is 3.54. The number of nitrogens with zero attached hydrogens (tertiary/aromatic N) is 1. The molecule has 1 aliphatic rings. The molecule has 1 N–H and O–H groups in total. The maximum Gasteiger partial charge on any atom is 0.319 e. The summed E-state index contributed by atoms with van der Waals surface area (Å²) < 4.78 is 19.1. The number of hydrogen-bond donors (Lipinski definition) is 1. The van der Waals surface area contributed by atoms with Crippen LogP contribution < -0.4 is 5.43 Å². The van der Waals surface area contributed by atoms with Crippen LogP contribution in [0.2, 0.25) is 0 Å². The summed E-state index contributed by atoms with van der Waals surface area (Å²) in [5.74, 6) is -1.22. The molecule has 0 amide bonds. The molecule has 146 valence electrons. The summed E-state index contributed by atoms with van der Waals surface area (Å²) in [7, 11) is 0. The zero-order chi connectivity index (χ0) is 20.5. The van der Waals surface area contributed by atoms with Crippen LogP contribution in [-0.2, 0) is 14.3 Å². The lowest BCUT2D eigenvalue weighted by Gasteiger charge is -2.43. The minimum absolute atomic E-state index is 0.226. The van der Waals surface area contributed by atoms with E-state index in [-0.39, 0.29) is 5.78 Å². The normalized spacial score (nSPS) is 21.2. The van der Waals surface area contributed by atoms with Crippen LogP contribution in [0.25, 0.3) is 0 Å². The van der Waals surface area contributed by atoms with E-state index < -0.39 is 28.7 Å². The number of halogens is 1. The lowest BCUT2D eigenvalue weighted by atomic mass is 9.67. The second kappa shape index (κ2) is 7.19. The molecule has 0 bridgehead atoms. The van der Waals surface area contributed by atoms with E-state index in [1.807, 2.05) is 30.3 Å². The first kappa shape index (κ1) is 19.7. The fourth-order valence-corrected chi connectivity index (χ4v) is 3.35. The number of Topliss-reactive ketones (excluding diaryl/α,β-unsaturated/α-hetero) is 1. The molecule has 5 nitrogen and oxygen atoms in total. The quantitative estimate of drug-likeness (QED) is 0.373. The van der Waals surface area contributed by atoms with Crippen molar-refractivity contribution in [1.29, 1.82) is 0 Å². The highest BCUT2D eigenvalue weighted by Gasteiger charge is 2.56. The van der Waals surface area contributed by atoms with Crippen LogP contribution in [0.1, 0.15) is 33.3 Å². The van der Waals surface area contributed by atoms with Crippen molar-refractivity contribution in [2.45, 2.75) is 33.8 Å². The van der Waals surface area contributed by atoms with Gasteiger partial charge in [0.05, 0.1) is 11.1 Å². The number of esters is 1. The van der Waals surface area contributed by atoms with Gasteiger partial charge in [0.25, 0.3) is 0 Å². The molecule has 1 heterocycles. The van der Waals surface area contributed by atoms with Crippen LogP contribution in [0.3, 0.4) is 0 Å². The second-order valence-electron chi connectivity index (χ2n) is 7.94. The Hall–Kier alpha value is -3.02. The van der Waals surface area contributed by atoms with Crippen LogP contribution in [0.5, 0.6) is 0 Å². The Bertz CT molecular complexity index is 919. The van der Waals surface area contributed by atoms with Crippen LogP contribution in [0, 0.1) is 16.6 Å². The molecule has 0 unspecified atom stereocenters. The van der Waals surface area contributed by atoms with Gasteiger partial charge in [0, 0.05) is 5.56 Å². The Morgan fingerprint density at radius 3 is 2.21 bits per heavy atom. The number of rotatable bonds is 4. The predicted molar refractivity (Wildman–Crippen MR) is 105 cm³/mol. The smallest absolute Gasteiger partial charge is 0.319 e. The highest BCUT2D eigenvalue weighted by atomic mass is 19.1. The van der Waals surface area contributed by atoms with Crippen LogP contribution >= 0.6 is 0 Å². The van der Waals surface area contributed by atoms with Gasteiger partial charge >= 0.3 is 5.97 Å². The Morgan fingerprint density at radius 1 is 1.00 bits per heavy atom. The monoisotopic (exact) mass is 382 g/mol. The summed E-state index contributed by atoms with van der Waals surface area (Å²) in [6.07, 6.45) is -0.915. The number of benzene rings is 2. The Morgan fingerprint density at radius 2 is 1.61 bits per heavy atom. The number of hydrogen-bond acceptors (Lipinski definition) is 5. The topological polar surface area (TPSA) is 67.8 Å². The van der Waals surface area contributed by atoms with Gasteiger partial charge in [-0.2, -0.15) is 5.10 Å². The standard InChI is InChI=1S/C22H23FN2O3/c1-21(2)18(28-20(27)22(3,4)19(21)26)17(14-10-12-15(23)13-11-14)25-24-16-8-6-5-7-9-16/h5-13,18,24H,1-4H3/b25-17-/t18-/m0/s1. The Balaban J connectivity index is 2.06. The largest absolute Gasteiger partial charge is 0.454 e. The zero-order valence-electron chi connectivity index (χ0n) is 16.3. The van der Waals surface area contributed by atoms with Crippen molar-refractivity contribution in [3.05, 3.63) is 66.0 Å². The summed E-state index contributed by atoms with van der Waals surface area (Å²) in [5.41, 5.74) is 2.33. The molecular formula is C22H23FN2O3. The van der Waals surface area contributed by atoms with E-state index in [9.17, 15) is 14.0 Å². The first-order valence-corrected chi connectivity index (χ1v) is 9.04. The number of para-hydroxylation sites is 1. The van der Waals surface area contributed by atoms with E-state index in [4.69, 9.17) is 4.74 Å². The van der Waals surface area contributed by atoms with E-state index in [1.165, 1.54) is 12.1 Å². The van der Waals surface area contributed by atoms with Gasteiger partial charge in [-0.1, -0.05) is 30.3 Å². The number of cyclic esters (lactones) is 1. The maximum atomic E-state index is 13.4. The van der Waals surface area contributed by atoms with Crippen molar-refractivity contribution in [3.63, 3.8) is 0 Å². The van der Waals surface area contributed by atoms with E-state index in [1.54, 1.807) is 39.8 Å². The van der Waals surface area contributed by atoms with Crippen molar-refractivity contribution in [2.24, 2.45) is 15.9 Å². The lowest BCUT2D eigenvalue weighted by molar-refractivity contribution is -0.179. The van der Waals surface area contributed by atoms with Crippen LogP contribution in [0.15, 0.2) is 59.7 Å². The Labute approximate surface area is 163 Å². The van der Waals surface area contributed by atoms with Crippen LogP contribution in [-0.4, -0.2) is 23.6 Å². The predicted octanol–water partition coefficient (Wildman–Crippen LogP) is 4.19. The van der Waals surface area contributed by atoms with E-state index in [2.05, 4.69) is 10.5 Å². The molecule has 2 aromatic rings. The Kier molecular flexibility index (Phi) is 5.06. The number of carbonyl (C=O) groups is 2. The SMILES string of the molecule is CC1(C)C(=O)O[C@@H](/C(=N\Nc2ccccc2)c2ccc(F)cc2)C(C)(C)C1=O. The molecule has 0 aliphatic carbocycles. The number of hydrazone groups is 1. The molecule has 28 heavy (non-hydrogen) atoms. The molecule has 0 radical (unpaired) electrons. The first-order valence-electron chi connectivity index (χ1n) is 9.04. The van der Waals surface area contributed by atoms with Gasteiger partial charge in [-0.15, -0.1) is 0 Å². The van der Waals surface area contributed by atoms with Crippen molar-refractivity contribution in [1.82, 2.24) is 0 Å². The number of anilines is 1. The molecular weight excluding hydrogens is 359 g/mol. The summed E-state index contributed by atoms with van der Waals surface area (Å²) >= 11 is 0. The van der Waals surface area contributed by atoms with Gasteiger partial charge < -0.3 is 4.74 Å². The number of nitrogens with one attached hydrogen (secondary N) is 1. The summed E-state index contributed by atoms with van der Waals surface area (Å²) in [5, 5.41) is 4.44. The lowest BCUT2D eigenvalue weighted by Crippen LogP contribution is -2.58. The van der Waals surface area contributed by atoms with Gasteiger partial charge in [0.1, 0.15) is 16.9 Å². The number of ketones is 1. The summed E-state index contributed by atoms with van der Waals surface area (Å²) in [6, 6.07) is 15.0. The highest BCUT2D eigenvalue weighted by molar-refractivity contribution is 6.15. The fraction of sp³-hybridized carbons (Fsp3) is 0.318. The third-order valence-corrected chi connectivity index (χ3v) is 5.01. The minimum atomic E-state index is -1.24. The van der Waals surface area contributed by atoms with E-state index in [0.29, 0.717) is 11.3 Å². The number of ether oxygens (including phenoxy) is 1. The highest BCUT2D eigenvalue weighted by Crippen LogP contribution is 2.41. The molecule has 0 aromatic heterocycles.